The molecule has 5 nitrogen and oxygen atoms in total. The van der Waals surface area contributed by atoms with Crippen LogP contribution in [-0.4, -0.2) is 37.9 Å². The van der Waals surface area contributed by atoms with Crippen molar-refractivity contribution in [3.63, 3.8) is 0 Å². The zero-order chi connectivity index (χ0) is 49.2. The smallest absolute Gasteiger partial charge is 0.306 e. The molecule has 68 heavy (non-hydrogen) atoms. The molecule has 1 unspecified atom stereocenters. The number of carbonyl (C=O) groups is 2. The third-order valence-electron chi connectivity index (χ3n) is 12.1. The highest BCUT2D eigenvalue weighted by Gasteiger charge is 2.17. The van der Waals surface area contributed by atoms with Gasteiger partial charge in [0, 0.05) is 19.4 Å². The zero-order valence-electron chi connectivity index (χ0n) is 44.8. The Balaban J connectivity index is 4.40. The van der Waals surface area contributed by atoms with E-state index in [2.05, 4.69) is 112 Å². The van der Waals surface area contributed by atoms with Crippen LogP contribution < -0.4 is 0 Å². The maximum absolute atomic E-state index is 12.9. The lowest BCUT2D eigenvalue weighted by molar-refractivity contribution is -0.162. The molecular formula is C63H108O5. The van der Waals surface area contributed by atoms with Crippen molar-refractivity contribution in [2.45, 2.75) is 271 Å². The first-order chi connectivity index (χ1) is 33.6. The molecule has 0 aliphatic rings. The summed E-state index contributed by atoms with van der Waals surface area (Å²) in [6.45, 7) is 7.61. The number of esters is 2. The molecule has 0 saturated heterocycles. The molecule has 0 heterocycles. The van der Waals surface area contributed by atoms with Crippen LogP contribution >= 0.6 is 0 Å². The molecular weight excluding hydrogens is 837 g/mol. The minimum absolute atomic E-state index is 0.0388. The van der Waals surface area contributed by atoms with E-state index >= 15 is 0 Å². The van der Waals surface area contributed by atoms with E-state index in [1.54, 1.807) is 0 Å². The minimum atomic E-state index is -0.576. The van der Waals surface area contributed by atoms with Crippen molar-refractivity contribution >= 4 is 11.9 Å². The van der Waals surface area contributed by atoms with E-state index in [9.17, 15) is 9.59 Å². The number of unbranched alkanes of at least 4 members (excludes halogenated alkanes) is 25. The van der Waals surface area contributed by atoms with Gasteiger partial charge < -0.3 is 14.2 Å². The monoisotopic (exact) mass is 945 g/mol. The van der Waals surface area contributed by atoms with Gasteiger partial charge in [-0.2, -0.15) is 0 Å². The van der Waals surface area contributed by atoms with Crippen molar-refractivity contribution in [3.05, 3.63) is 97.2 Å². The Bertz CT molecular complexity index is 1300. The van der Waals surface area contributed by atoms with Gasteiger partial charge >= 0.3 is 11.9 Å². The molecule has 1 atom stereocenters. The quantitative estimate of drug-likeness (QED) is 0.0345. The summed E-state index contributed by atoms with van der Waals surface area (Å²) >= 11 is 0. The molecule has 0 aromatic rings. The van der Waals surface area contributed by atoms with Crippen LogP contribution in [0.2, 0.25) is 0 Å². The maximum Gasteiger partial charge on any atom is 0.306 e. The van der Waals surface area contributed by atoms with Crippen LogP contribution in [0.15, 0.2) is 97.2 Å². The Morgan fingerprint density at radius 2 is 0.691 bits per heavy atom. The van der Waals surface area contributed by atoms with E-state index in [-0.39, 0.29) is 25.2 Å². The van der Waals surface area contributed by atoms with Crippen molar-refractivity contribution in [2.75, 3.05) is 19.8 Å². The lowest BCUT2D eigenvalue weighted by Gasteiger charge is -2.18. The summed E-state index contributed by atoms with van der Waals surface area (Å²) < 4.78 is 17.4. The Kier molecular flexibility index (Phi) is 55.4. The summed E-state index contributed by atoms with van der Waals surface area (Å²) in [6, 6.07) is 0. The predicted octanol–water partition coefficient (Wildman–Crippen LogP) is 19.8. The van der Waals surface area contributed by atoms with Gasteiger partial charge in [0.05, 0.1) is 6.61 Å². The summed E-state index contributed by atoms with van der Waals surface area (Å²) in [5, 5.41) is 0. The zero-order valence-corrected chi connectivity index (χ0v) is 44.8. The molecule has 0 rings (SSSR count). The number of hydrogen-bond donors (Lipinski definition) is 0. The van der Waals surface area contributed by atoms with Crippen molar-refractivity contribution in [2.24, 2.45) is 0 Å². The Labute approximate surface area is 422 Å². The van der Waals surface area contributed by atoms with Gasteiger partial charge in [0.25, 0.3) is 0 Å². The van der Waals surface area contributed by atoms with Gasteiger partial charge in [-0.3, -0.25) is 9.59 Å². The number of allylic oxidation sites excluding steroid dienone is 16. The molecule has 0 spiro atoms. The van der Waals surface area contributed by atoms with E-state index < -0.39 is 6.10 Å². The molecule has 0 aliphatic heterocycles. The number of carbonyl (C=O) groups excluding carboxylic acids is 2. The molecule has 5 heteroatoms. The van der Waals surface area contributed by atoms with Crippen LogP contribution in [0, 0.1) is 0 Å². The van der Waals surface area contributed by atoms with Crippen LogP contribution in [0.5, 0.6) is 0 Å². The largest absolute Gasteiger partial charge is 0.462 e. The van der Waals surface area contributed by atoms with Crippen LogP contribution in [0.1, 0.15) is 265 Å². The third-order valence-corrected chi connectivity index (χ3v) is 12.1. The van der Waals surface area contributed by atoms with E-state index in [0.29, 0.717) is 25.9 Å². The maximum atomic E-state index is 12.9. The SMILES string of the molecule is CC/C=C\C/C=C\C/C=C\C/C=C\C/C=C\C/C=C\CCC(=O)OCC(COCCCCCCCC/C=C\C/C=C\CCCCC)OC(=O)CCCCCCCCCCCCCCCCCCC. The first-order valence-corrected chi connectivity index (χ1v) is 28.8. The fraction of sp³-hybridized carbons (Fsp3) is 0.714. The first-order valence-electron chi connectivity index (χ1n) is 28.8. The Morgan fingerprint density at radius 3 is 1.15 bits per heavy atom. The highest BCUT2D eigenvalue weighted by molar-refractivity contribution is 5.70. The van der Waals surface area contributed by atoms with Gasteiger partial charge in [-0.1, -0.05) is 259 Å². The van der Waals surface area contributed by atoms with Gasteiger partial charge in [0.15, 0.2) is 6.10 Å². The van der Waals surface area contributed by atoms with E-state index in [1.807, 2.05) is 6.08 Å². The molecule has 0 radical (unpaired) electrons. The Morgan fingerprint density at radius 1 is 0.338 bits per heavy atom. The van der Waals surface area contributed by atoms with Crippen LogP contribution in [0.4, 0.5) is 0 Å². The van der Waals surface area contributed by atoms with Crippen molar-refractivity contribution in [1.29, 1.82) is 0 Å². The van der Waals surface area contributed by atoms with Gasteiger partial charge in [-0.15, -0.1) is 0 Å². The molecule has 0 saturated carbocycles. The molecule has 0 amide bonds. The average molecular weight is 946 g/mol. The molecule has 390 valence electrons. The van der Waals surface area contributed by atoms with E-state index in [4.69, 9.17) is 14.2 Å². The second-order valence-electron chi connectivity index (χ2n) is 18.8. The van der Waals surface area contributed by atoms with Crippen LogP contribution in [0.3, 0.4) is 0 Å². The van der Waals surface area contributed by atoms with E-state index in [1.165, 1.54) is 154 Å². The Hall–Kier alpha value is -3.18. The second kappa shape index (κ2) is 58.1. The van der Waals surface area contributed by atoms with Gasteiger partial charge in [0.2, 0.25) is 0 Å². The lowest BCUT2D eigenvalue weighted by atomic mass is 10.0. The van der Waals surface area contributed by atoms with Crippen molar-refractivity contribution in [1.82, 2.24) is 0 Å². The molecule has 0 aromatic carbocycles. The number of ether oxygens (including phenoxy) is 3. The topological polar surface area (TPSA) is 61.8 Å². The highest BCUT2D eigenvalue weighted by atomic mass is 16.6. The fourth-order valence-corrected chi connectivity index (χ4v) is 7.86. The molecule has 0 fully saturated rings. The fourth-order valence-electron chi connectivity index (χ4n) is 7.86. The highest BCUT2D eigenvalue weighted by Crippen LogP contribution is 2.15. The molecule has 0 aliphatic carbocycles. The number of rotatable bonds is 52. The summed E-state index contributed by atoms with van der Waals surface area (Å²) in [4.78, 5) is 25.5. The van der Waals surface area contributed by atoms with Gasteiger partial charge in [0.1, 0.15) is 6.61 Å². The van der Waals surface area contributed by atoms with Crippen LogP contribution in [-0.2, 0) is 23.8 Å². The van der Waals surface area contributed by atoms with Crippen molar-refractivity contribution < 1.29 is 23.8 Å². The third kappa shape index (κ3) is 55.4. The van der Waals surface area contributed by atoms with E-state index in [0.717, 1.165) is 70.6 Å². The average Bonchev–Trinajstić information content (AvgIpc) is 3.34. The van der Waals surface area contributed by atoms with Gasteiger partial charge in [-0.25, -0.2) is 0 Å². The minimum Gasteiger partial charge on any atom is -0.462 e. The molecule has 0 aromatic heterocycles. The predicted molar refractivity (Wildman–Crippen MR) is 297 cm³/mol. The summed E-state index contributed by atoms with van der Waals surface area (Å²) in [6.07, 6.45) is 78.7. The standard InChI is InChI=1S/C63H108O5/c1-4-7-10-13-16-19-22-25-28-31-32-34-35-38-41-44-47-50-53-56-62(64)67-60-61(59-66-58-55-52-49-46-43-40-37-30-27-24-21-18-15-12-9-6-3)68-63(65)57-54-51-48-45-42-39-36-33-29-26-23-20-17-14-11-8-5-2/h7,10,16,18-19,21,25,27-28,30,32,34,38,41,47,50,61H,4-6,8-9,11-15,17,20,22-24,26,29,31,33,35-37,39-40,42-46,48-49,51-60H2,1-3H3/b10-7-,19-16-,21-18-,28-25-,30-27-,34-32-,41-38-,50-47-. The molecule has 0 N–H and O–H groups in total. The summed E-state index contributed by atoms with van der Waals surface area (Å²) in [5.74, 6) is -0.494. The normalized spacial score (nSPS) is 12.9. The second-order valence-corrected chi connectivity index (χ2v) is 18.8. The van der Waals surface area contributed by atoms with Gasteiger partial charge in [-0.05, 0) is 89.9 Å². The van der Waals surface area contributed by atoms with Crippen LogP contribution in [0.25, 0.3) is 0 Å². The first kappa shape index (κ1) is 64.8. The van der Waals surface area contributed by atoms with Crippen molar-refractivity contribution in [3.8, 4) is 0 Å². The number of hydrogen-bond acceptors (Lipinski definition) is 5. The summed E-state index contributed by atoms with van der Waals surface area (Å²) in [5.41, 5.74) is 0. The lowest BCUT2D eigenvalue weighted by Crippen LogP contribution is -2.30. The summed E-state index contributed by atoms with van der Waals surface area (Å²) in [7, 11) is 0. The molecule has 0 bridgehead atoms.